The first-order valence-corrected chi connectivity index (χ1v) is 10.9. The van der Waals surface area contributed by atoms with Crippen molar-refractivity contribution in [2.45, 2.75) is 17.5 Å². The molecule has 29 heavy (non-hydrogen) atoms. The molecule has 3 rings (SSSR count). The van der Waals surface area contributed by atoms with E-state index in [2.05, 4.69) is 21.9 Å². The van der Waals surface area contributed by atoms with E-state index in [0.717, 1.165) is 57.0 Å². The summed E-state index contributed by atoms with van der Waals surface area (Å²) in [4.78, 5) is 5.11. The molecule has 2 aromatic rings. The van der Waals surface area contributed by atoms with E-state index in [0.29, 0.717) is 10.6 Å². The van der Waals surface area contributed by atoms with Crippen LogP contribution in [0.1, 0.15) is 12.0 Å². The van der Waals surface area contributed by atoms with Crippen molar-refractivity contribution in [1.29, 1.82) is 0 Å². The van der Waals surface area contributed by atoms with Gasteiger partial charge in [0.1, 0.15) is 5.75 Å². The van der Waals surface area contributed by atoms with Crippen LogP contribution in [0.5, 0.6) is 5.75 Å². The smallest absolute Gasteiger partial charge is 0.416 e. The van der Waals surface area contributed by atoms with Crippen LogP contribution in [0.4, 0.5) is 18.9 Å². The summed E-state index contributed by atoms with van der Waals surface area (Å²) in [6.07, 6.45) is -3.62. The van der Waals surface area contributed by atoms with E-state index in [4.69, 9.17) is 4.74 Å². The molecule has 1 saturated heterocycles. The van der Waals surface area contributed by atoms with Gasteiger partial charge < -0.3 is 9.64 Å². The number of alkyl halides is 3. The molecule has 2 aromatic carbocycles. The van der Waals surface area contributed by atoms with Crippen LogP contribution in [-0.2, 0) is 17.0 Å². The van der Waals surface area contributed by atoms with Crippen LogP contribution in [0.2, 0.25) is 0 Å². The van der Waals surface area contributed by atoms with Crippen molar-refractivity contribution in [1.82, 2.24) is 4.90 Å². The van der Waals surface area contributed by atoms with Gasteiger partial charge in [0.25, 0.3) is 0 Å². The van der Waals surface area contributed by atoms with E-state index in [-0.39, 0.29) is 0 Å². The highest BCUT2D eigenvalue weighted by Gasteiger charge is 2.30. The highest BCUT2D eigenvalue weighted by atomic mass is 32.2. The van der Waals surface area contributed by atoms with Crippen molar-refractivity contribution in [3.05, 3.63) is 54.1 Å². The van der Waals surface area contributed by atoms with E-state index < -0.39 is 22.5 Å². The summed E-state index contributed by atoms with van der Waals surface area (Å²) < 4.78 is 55.3. The minimum Gasteiger partial charge on any atom is -0.497 e. The molecule has 1 heterocycles. The van der Waals surface area contributed by atoms with Crippen molar-refractivity contribution in [2.24, 2.45) is 0 Å². The lowest BCUT2D eigenvalue weighted by Gasteiger charge is -2.36. The molecule has 1 aliphatic heterocycles. The number of methoxy groups -OCH3 is 1. The summed E-state index contributed by atoms with van der Waals surface area (Å²) in [5, 5.41) is 0. The zero-order valence-electron chi connectivity index (χ0n) is 16.3. The Hall–Kier alpha value is -2.06. The third-order valence-corrected chi connectivity index (χ3v) is 6.52. The number of nitrogens with zero attached hydrogens (tertiary/aromatic N) is 2. The zero-order chi connectivity index (χ0) is 20.9. The fraction of sp³-hybridized carbons (Fsp3) is 0.429. The highest BCUT2D eigenvalue weighted by Crippen LogP contribution is 2.29. The maximum absolute atomic E-state index is 12.6. The second-order valence-corrected chi connectivity index (χ2v) is 8.52. The second kappa shape index (κ2) is 9.63. The Morgan fingerprint density at radius 2 is 1.59 bits per heavy atom. The van der Waals surface area contributed by atoms with E-state index in [1.807, 2.05) is 12.1 Å². The predicted octanol–water partition coefficient (Wildman–Crippen LogP) is 4.03. The van der Waals surface area contributed by atoms with Crippen LogP contribution >= 0.6 is 0 Å². The molecule has 0 aromatic heterocycles. The molecule has 0 N–H and O–H groups in total. The first-order chi connectivity index (χ1) is 13.9. The Bertz CT molecular complexity index is 802. The summed E-state index contributed by atoms with van der Waals surface area (Å²) in [6, 6.07) is 12.6. The number of hydrogen-bond donors (Lipinski definition) is 0. The molecule has 0 amide bonds. The largest absolute Gasteiger partial charge is 0.497 e. The van der Waals surface area contributed by atoms with Crippen molar-refractivity contribution in [3.63, 3.8) is 0 Å². The molecule has 158 valence electrons. The Kier molecular flexibility index (Phi) is 7.18. The average molecular weight is 427 g/mol. The van der Waals surface area contributed by atoms with Crippen LogP contribution in [0, 0.1) is 0 Å². The van der Waals surface area contributed by atoms with Crippen LogP contribution in [0.3, 0.4) is 0 Å². The van der Waals surface area contributed by atoms with Crippen LogP contribution in [0.15, 0.2) is 53.4 Å². The summed E-state index contributed by atoms with van der Waals surface area (Å²) in [7, 11) is 0.372. The zero-order valence-corrected chi connectivity index (χ0v) is 17.1. The molecular weight excluding hydrogens is 401 g/mol. The predicted molar refractivity (Wildman–Crippen MR) is 109 cm³/mol. The minimum absolute atomic E-state index is 0.447. The second-order valence-electron chi connectivity index (χ2n) is 6.95. The van der Waals surface area contributed by atoms with E-state index in [1.165, 1.54) is 17.8 Å². The van der Waals surface area contributed by atoms with Gasteiger partial charge in [0.2, 0.25) is 0 Å². The number of halogens is 3. The Morgan fingerprint density at radius 3 is 2.14 bits per heavy atom. The molecule has 0 bridgehead atoms. The van der Waals surface area contributed by atoms with Gasteiger partial charge in [0.05, 0.1) is 23.5 Å². The van der Waals surface area contributed by atoms with Gasteiger partial charge in [-0.25, -0.2) is 0 Å². The van der Waals surface area contributed by atoms with Crippen molar-refractivity contribution in [2.75, 3.05) is 50.5 Å². The maximum Gasteiger partial charge on any atom is 0.416 e. The molecule has 0 saturated carbocycles. The number of ether oxygens (including phenoxy) is 1. The SMILES string of the molecule is COc1ccc(N2CCN(CCCS(=O)c3ccc(C(F)(F)F)cc3)CC2)cc1. The van der Waals surface area contributed by atoms with Crippen molar-refractivity contribution >= 4 is 16.5 Å². The molecular formula is C21H25F3N2O2S. The molecule has 8 heteroatoms. The number of benzene rings is 2. The van der Waals surface area contributed by atoms with Crippen molar-refractivity contribution in [3.8, 4) is 5.75 Å². The average Bonchev–Trinajstić information content (AvgIpc) is 2.74. The molecule has 1 unspecified atom stereocenters. The molecule has 0 aliphatic carbocycles. The fourth-order valence-electron chi connectivity index (χ4n) is 3.36. The third-order valence-electron chi connectivity index (χ3n) is 5.06. The van der Waals surface area contributed by atoms with Gasteiger partial charge in [-0.05, 0) is 61.5 Å². The lowest BCUT2D eigenvalue weighted by Crippen LogP contribution is -2.46. The van der Waals surface area contributed by atoms with Crippen LogP contribution < -0.4 is 9.64 Å². The molecule has 1 aliphatic rings. The van der Waals surface area contributed by atoms with Gasteiger partial charge in [-0.1, -0.05) is 0 Å². The highest BCUT2D eigenvalue weighted by molar-refractivity contribution is 7.85. The van der Waals surface area contributed by atoms with Gasteiger partial charge >= 0.3 is 6.18 Å². The quantitative estimate of drug-likeness (QED) is 0.669. The standard InChI is InChI=1S/C21H25F3N2O2S/c1-28-19-7-5-18(6-8-19)26-14-12-25(13-15-26)11-2-16-29(27)20-9-3-17(4-10-20)21(22,23)24/h3-10H,2,11-16H2,1H3. The van der Waals surface area contributed by atoms with E-state index in [9.17, 15) is 17.4 Å². The van der Waals surface area contributed by atoms with E-state index in [1.54, 1.807) is 7.11 Å². The first-order valence-electron chi connectivity index (χ1n) is 9.54. The lowest BCUT2D eigenvalue weighted by atomic mass is 10.2. The van der Waals surface area contributed by atoms with Gasteiger partial charge in [-0.3, -0.25) is 9.11 Å². The monoisotopic (exact) mass is 426 g/mol. The van der Waals surface area contributed by atoms with Gasteiger partial charge in [-0.15, -0.1) is 0 Å². The topological polar surface area (TPSA) is 32.8 Å². The fourth-order valence-corrected chi connectivity index (χ4v) is 4.42. The number of rotatable bonds is 7. The Balaban J connectivity index is 1.40. The minimum atomic E-state index is -4.37. The molecule has 1 fully saturated rings. The number of hydrogen-bond acceptors (Lipinski definition) is 4. The van der Waals surface area contributed by atoms with Gasteiger partial charge in [0, 0.05) is 42.5 Å². The van der Waals surface area contributed by atoms with Gasteiger partial charge in [-0.2, -0.15) is 13.2 Å². The van der Waals surface area contributed by atoms with Crippen LogP contribution in [-0.4, -0.2) is 54.7 Å². The van der Waals surface area contributed by atoms with Crippen molar-refractivity contribution < 1.29 is 22.1 Å². The van der Waals surface area contributed by atoms with Crippen LogP contribution in [0.25, 0.3) is 0 Å². The molecule has 0 radical (unpaired) electrons. The Morgan fingerprint density at radius 1 is 0.966 bits per heavy atom. The Labute approximate surface area is 171 Å². The lowest BCUT2D eigenvalue weighted by molar-refractivity contribution is -0.137. The summed E-state index contributed by atoms with van der Waals surface area (Å²) in [5.41, 5.74) is 0.460. The summed E-state index contributed by atoms with van der Waals surface area (Å²) in [5.74, 6) is 1.29. The molecule has 1 atom stereocenters. The summed E-state index contributed by atoms with van der Waals surface area (Å²) >= 11 is 0. The normalized spacial score (nSPS) is 16.6. The number of anilines is 1. The van der Waals surface area contributed by atoms with E-state index >= 15 is 0 Å². The van der Waals surface area contributed by atoms with Gasteiger partial charge in [0.15, 0.2) is 0 Å². The first kappa shape index (κ1) is 21.6. The number of piperazine rings is 1. The summed E-state index contributed by atoms with van der Waals surface area (Å²) in [6.45, 7) is 4.54. The molecule has 0 spiro atoms. The molecule has 4 nitrogen and oxygen atoms in total. The third kappa shape index (κ3) is 5.96. The maximum atomic E-state index is 12.6.